The molecule has 0 saturated carbocycles. The summed E-state index contributed by atoms with van der Waals surface area (Å²) in [6.45, 7) is 4.03. The van der Waals surface area contributed by atoms with Gasteiger partial charge in [-0.3, -0.25) is 4.40 Å². The van der Waals surface area contributed by atoms with E-state index in [2.05, 4.69) is 15.3 Å². The maximum absolute atomic E-state index is 12.4. The number of likely N-dealkylation sites (N-methyl/N-ethyl adjacent to an activating group) is 1. The third-order valence-corrected chi connectivity index (χ3v) is 8.40. The summed E-state index contributed by atoms with van der Waals surface area (Å²) in [5.41, 5.74) is 2.96. The molecule has 0 atom stereocenters. The maximum atomic E-state index is 12.4. The Morgan fingerprint density at radius 1 is 1.18 bits per heavy atom. The Morgan fingerprint density at radius 3 is 2.82 bits per heavy atom. The smallest absolute Gasteiger partial charge is 0.282 e. The van der Waals surface area contributed by atoms with E-state index in [1.165, 1.54) is 19.9 Å². The topological polar surface area (TPSA) is 116 Å². The third kappa shape index (κ3) is 4.06. The van der Waals surface area contributed by atoms with Crippen LogP contribution in [0, 0.1) is 0 Å². The molecule has 0 amide bonds. The highest BCUT2D eigenvalue weighted by Gasteiger charge is 2.34. The van der Waals surface area contributed by atoms with Gasteiger partial charge in [0.1, 0.15) is 11.4 Å². The van der Waals surface area contributed by atoms with Crippen molar-refractivity contribution in [3.8, 4) is 28.4 Å². The summed E-state index contributed by atoms with van der Waals surface area (Å²) in [4.78, 5) is 14.5. The summed E-state index contributed by atoms with van der Waals surface area (Å²) < 4.78 is 29.8. The summed E-state index contributed by atoms with van der Waals surface area (Å²) in [6.07, 6.45) is 3.59. The van der Waals surface area contributed by atoms with E-state index in [9.17, 15) is 13.5 Å². The third-order valence-electron chi connectivity index (χ3n) is 5.53. The van der Waals surface area contributed by atoms with Crippen molar-refractivity contribution in [3.05, 3.63) is 48.1 Å². The zero-order chi connectivity index (χ0) is 23.0. The van der Waals surface area contributed by atoms with E-state index >= 15 is 0 Å². The zero-order valence-corrected chi connectivity index (χ0v) is 19.6. The number of aromatic hydroxyl groups is 1. The van der Waals surface area contributed by atoms with Gasteiger partial charge in [-0.25, -0.2) is 15.0 Å². The fraction of sp³-hybridized carbons (Fsp3) is 0.286. The van der Waals surface area contributed by atoms with Crippen molar-refractivity contribution in [2.24, 2.45) is 0 Å². The van der Waals surface area contributed by atoms with E-state index in [4.69, 9.17) is 4.98 Å². The molecule has 33 heavy (non-hydrogen) atoms. The first-order valence-corrected chi connectivity index (χ1v) is 12.8. The highest BCUT2D eigenvalue weighted by molar-refractivity contribution is 7.87. The number of aromatic nitrogens is 4. The molecule has 0 unspecified atom stereocenters. The number of benzene rings is 1. The lowest BCUT2D eigenvalue weighted by Gasteiger charge is -2.17. The van der Waals surface area contributed by atoms with Crippen molar-refractivity contribution >= 4 is 32.5 Å². The first kappa shape index (κ1) is 21.8. The molecule has 0 radical (unpaired) electrons. The molecule has 4 aromatic rings. The van der Waals surface area contributed by atoms with Crippen LogP contribution in [0.1, 0.15) is 6.92 Å². The first-order chi connectivity index (χ1) is 16.0. The number of phenols is 1. The van der Waals surface area contributed by atoms with E-state index in [1.807, 2.05) is 35.0 Å². The van der Waals surface area contributed by atoms with E-state index in [0.717, 1.165) is 16.2 Å². The van der Waals surface area contributed by atoms with E-state index in [0.29, 0.717) is 50.1 Å². The molecule has 5 rings (SSSR count). The molecule has 0 spiro atoms. The quantitative estimate of drug-likeness (QED) is 0.413. The van der Waals surface area contributed by atoms with Crippen LogP contribution < -0.4 is 5.32 Å². The monoisotopic (exact) mass is 485 g/mol. The summed E-state index contributed by atoms with van der Waals surface area (Å²) >= 11 is 1.51. The number of phenolic OH excluding ortho intramolecular Hbond substituents is 1. The van der Waals surface area contributed by atoms with Crippen LogP contribution in [0.4, 0.5) is 5.95 Å². The largest absolute Gasteiger partial charge is 0.508 e. The number of hydrogen-bond acceptors (Lipinski definition) is 8. The van der Waals surface area contributed by atoms with E-state index in [1.54, 1.807) is 24.4 Å². The second-order valence-electron chi connectivity index (χ2n) is 7.51. The van der Waals surface area contributed by atoms with Gasteiger partial charge in [0.15, 0.2) is 4.96 Å². The Balaban J connectivity index is 1.40. The molecule has 1 aliphatic heterocycles. The Kier molecular flexibility index (Phi) is 5.74. The second kappa shape index (κ2) is 8.71. The molecule has 0 bridgehead atoms. The first-order valence-electron chi connectivity index (χ1n) is 10.5. The van der Waals surface area contributed by atoms with Crippen molar-refractivity contribution < 1.29 is 13.5 Å². The number of thiazole rings is 1. The molecule has 1 aliphatic rings. The van der Waals surface area contributed by atoms with Crippen molar-refractivity contribution in [1.82, 2.24) is 28.0 Å². The molecular formula is C21H23N7O3S2. The van der Waals surface area contributed by atoms with Crippen molar-refractivity contribution in [3.63, 3.8) is 0 Å². The summed E-state index contributed by atoms with van der Waals surface area (Å²) in [6, 6.07) is 8.77. The number of nitrogens with zero attached hydrogens (tertiary/aromatic N) is 6. The van der Waals surface area contributed by atoms with Gasteiger partial charge < -0.3 is 10.4 Å². The van der Waals surface area contributed by atoms with Gasteiger partial charge in [-0.2, -0.15) is 17.0 Å². The molecule has 3 aromatic heterocycles. The number of nitrogens with one attached hydrogen (secondary N) is 1. The van der Waals surface area contributed by atoms with Gasteiger partial charge in [0.2, 0.25) is 5.95 Å². The van der Waals surface area contributed by atoms with Crippen molar-refractivity contribution in [2.45, 2.75) is 6.92 Å². The predicted octanol–water partition coefficient (Wildman–Crippen LogP) is 2.52. The van der Waals surface area contributed by atoms with Gasteiger partial charge in [0, 0.05) is 56.1 Å². The molecule has 1 saturated heterocycles. The molecule has 1 fully saturated rings. The van der Waals surface area contributed by atoms with Gasteiger partial charge in [-0.15, -0.1) is 11.3 Å². The minimum atomic E-state index is -3.38. The molecule has 12 heteroatoms. The molecule has 4 heterocycles. The lowest BCUT2D eigenvalue weighted by molar-refractivity contribution is 0.454. The lowest BCUT2D eigenvalue weighted by atomic mass is 10.1. The standard InChI is InChI=1S/C21H23N7O3S2/c1-2-26-10-11-27(33(26,30)31)9-8-23-20-22-7-6-17(24-20)19-18(15-4-3-5-16(29)14-15)25-21-28(19)12-13-32-21/h3-7,12-14,29H,2,8-11H2,1H3,(H,22,23,24). The fourth-order valence-electron chi connectivity index (χ4n) is 3.92. The van der Waals surface area contributed by atoms with Crippen molar-refractivity contribution in [2.75, 3.05) is 38.0 Å². The molecule has 10 nitrogen and oxygen atoms in total. The predicted molar refractivity (Wildman–Crippen MR) is 127 cm³/mol. The number of hydrogen-bond donors (Lipinski definition) is 2. The molecular weight excluding hydrogens is 462 g/mol. The van der Waals surface area contributed by atoms with Gasteiger partial charge in [-0.1, -0.05) is 19.1 Å². The Hall–Kier alpha value is -3.06. The van der Waals surface area contributed by atoms with E-state index in [-0.39, 0.29) is 5.75 Å². The molecule has 1 aromatic carbocycles. The fourth-order valence-corrected chi connectivity index (χ4v) is 6.23. The molecule has 0 aliphatic carbocycles. The number of anilines is 1. The van der Waals surface area contributed by atoms with Crippen LogP contribution in [0.15, 0.2) is 48.1 Å². The number of rotatable bonds is 7. The highest BCUT2D eigenvalue weighted by atomic mass is 32.2. The summed E-state index contributed by atoms with van der Waals surface area (Å²) in [5, 5.41) is 15.0. The van der Waals surface area contributed by atoms with Gasteiger partial charge in [0.25, 0.3) is 10.2 Å². The minimum absolute atomic E-state index is 0.165. The summed E-state index contributed by atoms with van der Waals surface area (Å²) in [5.74, 6) is 0.571. The Morgan fingerprint density at radius 2 is 2.03 bits per heavy atom. The van der Waals surface area contributed by atoms with Crippen LogP contribution in [0.3, 0.4) is 0 Å². The van der Waals surface area contributed by atoms with Crippen molar-refractivity contribution in [1.29, 1.82) is 0 Å². The van der Waals surface area contributed by atoms with Crippen LogP contribution in [-0.4, -0.2) is 74.2 Å². The van der Waals surface area contributed by atoms with Crippen LogP contribution in [0.2, 0.25) is 0 Å². The SMILES string of the molecule is CCN1CCN(CCNc2nccc(-c3c(-c4cccc(O)c4)nc4sccn34)n2)S1(=O)=O. The minimum Gasteiger partial charge on any atom is -0.508 e. The Labute approximate surface area is 195 Å². The maximum Gasteiger partial charge on any atom is 0.282 e. The van der Waals surface area contributed by atoms with Gasteiger partial charge in [-0.05, 0) is 18.2 Å². The highest BCUT2D eigenvalue weighted by Crippen LogP contribution is 2.34. The zero-order valence-electron chi connectivity index (χ0n) is 17.9. The Bertz CT molecular complexity index is 1400. The van der Waals surface area contributed by atoms with Crippen LogP contribution >= 0.6 is 11.3 Å². The van der Waals surface area contributed by atoms with Gasteiger partial charge in [0.05, 0.1) is 11.4 Å². The average molecular weight is 486 g/mol. The lowest BCUT2D eigenvalue weighted by Crippen LogP contribution is -2.35. The molecule has 172 valence electrons. The summed E-state index contributed by atoms with van der Waals surface area (Å²) in [7, 11) is -3.38. The average Bonchev–Trinajstić information content (AvgIpc) is 3.47. The van der Waals surface area contributed by atoms with E-state index < -0.39 is 10.2 Å². The van der Waals surface area contributed by atoms with Crippen LogP contribution in [0.5, 0.6) is 5.75 Å². The molecule has 2 N–H and O–H groups in total. The number of fused-ring (bicyclic) bond motifs is 1. The normalized spacial score (nSPS) is 16.5. The second-order valence-corrected chi connectivity index (χ2v) is 10.3. The van der Waals surface area contributed by atoms with Crippen LogP contribution in [-0.2, 0) is 10.2 Å². The number of imidazole rings is 1. The van der Waals surface area contributed by atoms with Crippen LogP contribution in [0.25, 0.3) is 27.6 Å². The van der Waals surface area contributed by atoms with Gasteiger partial charge >= 0.3 is 0 Å².